The van der Waals surface area contributed by atoms with Gasteiger partial charge in [-0.05, 0) is 31.0 Å². The van der Waals surface area contributed by atoms with Gasteiger partial charge in [0.2, 0.25) is 12.7 Å². The number of rotatable bonds is 6. The van der Waals surface area contributed by atoms with Crippen molar-refractivity contribution in [3.05, 3.63) is 52.6 Å². The van der Waals surface area contributed by atoms with Crippen LogP contribution in [0.1, 0.15) is 12.8 Å². The van der Waals surface area contributed by atoms with E-state index in [1.54, 1.807) is 29.2 Å². The van der Waals surface area contributed by atoms with Crippen LogP contribution in [0.4, 0.5) is 11.4 Å². The molecule has 0 saturated carbocycles. The maximum atomic E-state index is 12.6. The maximum absolute atomic E-state index is 12.6. The Morgan fingerprint density at radius 3 is 2.65 bits per heavy atom. The van der Waals surface area contributed by atoms with Crippen molar-refractivity contribution in [1.82, 2.24) is 4.90 Å². The highest BCUT2D eigenvalue weighted by atomic mass is 16.7. The Balaban J connectivity index is 1.26. The van der Waals surface area contributed by atoms with Gasteiger partial charge in [-0.3, -0.25) is 19.7 Å². The molecule has 2 aromatic rings. The summed E-state index contributed by atoms with van der Waals surface area (Å²) in [5.41, 5.74) is 0.444. The van der Waals surface area contributed by atoms with E-state index in [9.17, 15) is 19.7 Å². The summed E-state index contributed by atoms with van der Waals surface area (Å²) in [5, 5.41) is 13.9. The van der Waals surface area contributed by atoms with E-state index in [-0.39, 0.29) is 42.6 Å². The number of hydrogen-bond acceptors (Lipinski definition) is 7. The van der Waals surface area contributed by atoms with Crippen LogP contribution in [-0.2, 0) is 9.59 Å². The summed E-state index contributed by atoms with van der Waals surface area (Å²) in [4.78, 5) is 37.1. The van der Waals surface area contributed by atoms with Gasteiger partial charge in [0.25, 0.3) is 5.91 Å². The average molecular weight is 427 g/mol. The summed E-state index contributed by atoms with van der Waals surface area (Å²) in [7, 11) is 0. The minimum Gasteiger partial charge on any atom is -0.477 e. The minimum atomic E-state index is -0.552. The molecular formula is C21H21N3O7. The first kappa shape index (κ1) is 20.5. The van der Waals surface area contributed by atoms with Gasteiger partial charge in [0.05, 0.1) is 4.92 Å². The number of carbonyl (C=O) groups is 2. The molecule has 0 aromatic heterocycles. The van der Waals surface area contributed by atoms with Gasteiger partial charge in [-0.2, -0.15) is 0 Å². The standard InChI is InChI=1S/C21H21N3O7/c25-20(12-29-17-4-2-1-3-16(17)24(27)28)23-9-7-14(8-10-23)21(26)22-15-5-6-18-19(11-15)31-13-30-18/h1-6,11,14H,7-10,12-13H2,(H,22,26). The first-order valence-corrected chi connectivity index (χ1v) is 9.86. The van der Waals surface area contributed by atoms with Crippen molar-refractivity contribution in [3.63, 3.8) is 0 Å². The van der Waals surface area contributed by atoms with E-state index in [1.165, 1.54) is 18.2 Å². The molecule has 2 amide bonds. The third-order valence-corrected chi connectivity index (χ3v) is 5.27. The summed E-state index contributed by atoms with van der Waals surface area (Å²) < 4.78 is 15.9. The Morgan fingerprint density at radius 1 is 1.13 bits per heavy atom. The molecule has 162 valence electrons. The zero-order chi connectivity index (χ0) is 21.8. The lowest BCUT2D eigenvalue weighted by molar-refractivity contribution is -0.385. The highest BCUT2D eigenvalue weighted by Gasteiger charge is 2.28. The maximum Gasteiger partial charge on any atom is 0.310 e. The van der Waals surface area contributed by atoms with Gasteiger partial charge in [0.1, 0.15) is 0 Å². The minimum absolute atomic E-state index is 0.0545. The fraction of sp³-hybridized carbons (Fsp3) is 0.333. The summed E-state index contributed by atoms with van der Waals surface area (Å²) in [6, 6.07) is 11.1. The van der Waals surface area contributed by atoms with E-state index in [4.69, 9.17) is 14.2 Å². The van der Waals surface area contributed by atoms with Crippen molar-refractivity contribution >= 4 is 23.2 Å². The molecule has 0 bridgehead atoms. The monoisotopic (exact) mass is 427 g/mol. The SMILES string of the molecule is O=C(Nc1ccc2c(c1)OCO2)C1CCN(C(=O)COc2ccccc2[N+](=O)[O-])CC1. The highest BCUT2D eigenvalue weighted by Crippen LogP contribution is 2.34. The Labute approximate surface area is 177 Å². The summed E-state index contributed by atoms with van der Waals surface area (Å²) >= 11 is 0. The van der Waals surface area contributed by atoms with E-state index in [0.717, 1.165) is 0 Å². The van der Waals surface area contributed by atoms with Crippen molar-refractivity contribution in [3.8, 4) is 17.2 Å². The Kier molecular flexibility index (Phi) is 5.87. The van der Waals surface area contributed by atoms with E-state index < -0.39 is 4.92 Å². The third-order valence-electron chi connectivity index (χ3n) is 5.27. The molecule has 1 N–H and O–H groups in total. The van der Waals surface area contributed by atoms with Crippen LogP contribution in [0.5, 0.6) is 17.2 Å². The van der Waals surface area contributed by atoms with Gasteiger partial charge in [0, 0.05) is 36.8 Å². The van der Waals surface area contributed by atoms with Gasteiger partial charge < -0.3 is 24.4 Å². The van der Waals surface area contributed by atoms with Crippen LogP contribution < -0.4 is 19.5 Å². The number of nitro groups is 1. The Bertz CT molecular complexity index is 1000. The van der Waals surface area contributed by atoms with E-state index >= 15 is 0 Å². The van der Waals surface area contributed by atoms with E-state index in [0.29, 0.717) is 43.1 Å². The molecule has 2 aromatic carbocycles. The number of carbonyl (C=O) groups excluding carboxylic acids is 2. The smallest absolute Gasteiger partial charge is 0.310 e. The lowest BCUT2D eigenvalue weighted by Crippen LogP contribution is -2.43. The van der Waals surface area contributed by atoms with Gasteiger partial charge >= 0.3 is 5.69 Å². The fourth-order valence-corrected chi connectivity index (χ4v) is 3.57. The molecule has 10 heteroatoms. The zero-order valence-corrected chi connectivity index (χ0v) is 16.6. The largest absolute Gasteiger partial charge is 0.477 e. The number of benzene rings is 2. The summed E-state index contributed by atoms with van der Waals surface area (Å²) in [6.45, 7) is 0.704. The molecule has 0 spiro atoms. The number of likely N-dealkylation sites (tertiary alicyclic amines) is 1. The second-order valence-corrected chi connectivity index (χ2v) is 7.23. The molecule has 0 unspecified atom stereocenters. The third kappa shape index (κ3) is 4.68. The number of fused-ring (bicyclic) bond motifs is 1. The van der Waals surface area contributed by atoms with Crippen LogP contribution in [0.15, 0.2) is 42.5 Å². The quantitative estimate of drug-likeness (QED) is 0.556. The molecule has 4 rings (SSSR count). The van der Waals surface area contributed by atoms with Crippen LogP contribution in [0.3, 0.4) is 0 Å². The van der Waals surface area contributed by atoms with Crippen molar-refractivity contribution in [1.29, 1.82) is 0 Å². The lowest BCUT2D eigenvalue weighted by atomic mass is 9.95. The Morgan fingerprint density at radius 2 is 1.87 bits per heavy atom. The number of nitrogens with zero attached hydrogens (tertiary/aromatic N) is 2. The molecule has 31 heavy (non-hydrogen) atoms. The average Bonchev–Trinajstić information content (AvgIpc) is 3.25. The molecular weight excluding hydrogens is 406 g/mol. The summed E-state index contributed by atoms with van der Waals surface area (Å²) in [5.74, 6) is 0.698. The highest BCUT2D eigenvalue weighted by molar-refractivity contribution is 5.93. The second kappa shape index (κ2) is 8.90. The molecule has 1 fully saturated rings. The van der Waals surface area contributed by atoms with Crippen LogP contribution >= 0.6 is 0 Å². The van der Waals surface area contributed by atoms with Crippen LogP contribution in [0.25, 0.3) is 0 Å². The predicted molar refractivity (Wildman–Crippen MR) is 109 cm³/mol. The molecule has 2 aliphatic rings. The van der Waals surface area contributed by atoms with Crippen LogP contribution in [0.2, 0.25) is 0 Å². The zero-order valence-electron chi connectivity index (χ0n) is 16.6. The van der Waals surface area contributed by atoms with Gasteiger partial charge in [-0.15, -0.1) is 0 Å². The topological polar surface area (TPSA) is 120 Å². The van der Waals surface area contributed by atoms with Crippen molar-refractivity contribution in [2.45, 2.75) is 12.8 Å². The number of amides is 2. The molecule has 1 saturated heterocycles. The first-order valence-electron chi connectivity index (χ1n) is 9.86. The number of nitrogens with one attached hydrogen (secondary N) is 1. The van der Waals surface area contributed by atoms with Crippen LogP contribution in [0, 0.1) is 16.0 Å². The number of ether oxygens (including phenoxy) is 3. The molecule has 10 nitrogen and oxygen atoms in total. The van der Waals surface area contributed by atoms with E-state index in [1.807, 2.05) is 0 Å². The predicted octanol–water partition coefficient (Wildman–Crippen LogP) is 2.58. The summed E-state index contributed by atoms with van der Waals surface area (Å²) in [6.07, 6.45) is 1.04. The number of para-hydroxylation sites is 2. The van der Waals surface area contributed by atoms with Crippen LogP contribution in [-0.4, -0.2) is 48.1 Å². The van der Waals surface area contributed by atoms with Crippen molar-refractivity contribution < 1.29 is 28.7 Å². The number of hydrogen-bond donors (Lipinski definition) is 1. The van der Waals surface area contributed by atoms with Gasteiger partial charge in [-0.25, -0.2) is 0 Å². The number of anilines is 1. The van der Waals surface area contributed by atoms with Crippen molar-refractivity contribution in [2.75, 3.05) is 31.8 Å². The normalized spacial score (nSPS) is 15.4. The van der Waals surface area contributed by atoms with Gasteiger partial charge in [-0.1, -0.05) is 12.1 Å². The molecule has 0 radical (unpaired) electrons. The number of nitro benzene ring substituents is 1. The molecule has 0 atom stereocenters. The fourth-order valence-electron chi connectivity index (χ4n) is 3.57. The lowest BCUT2D eigenvalue weighted by Gasteiger charge is -2.31. The molecule has 0 aliphatic carbocycles. The van der Waals surface area contributed by atoms with Gasteiger partial charge in [0.15, 0.2) is 23.9 Å². The Hall–Kier alpha value is -3.82. The second-order valence-electron chi connectivity index (χ2n) is 7.23. The molecule has 2 aliphatic heterocycles. The van der Waals surface area contributed by atoms with Crippen molar-refractivity contribution in [2.24, 2.45) is 5.92 Å². The number of piperidine rings is 1. The first-order chi connectivity index (χ1) is 15.0. The molecule has 2 heterocycles. The van der Waals surface area contributed by atoms with E-state index in [2.05, 4.69) is 5.32 Å².